The Bertz CT molecular complexity index is 1010. The number of hydrogen-bond acceptors (Lipinski definition) is 9. The van der Waals surface area contributed by atoms with Crippen LogP contribution in [0.1, 0.15) is 34.6 Å². The van der Waals surface area contributed by atoms with Gasteiger partial charge in [-0.05, 0) is 24.3 Å². The quantitative estimate of drug-likeness (QED) is 0.328. The highest BCUT2D eigenvalue weighted by Gasteiger charge is 2.51. The molecule has 1 saturated heterocycles. The second-order valence-corrected chi connectivity index (χ2v) is 7.88. The van der Waals surface area contributed by atoms with Crippen LogP contribution in [0.4, 0.5) is 0 Å². The van der Waals surface area contributed by atoms with Crippen LogP contribution in [0.3, 0.4) is 0 Å². The van der Waals surface area contributed by atoms with Crippen LogP contribution in [-0.4, -0.2) is 60.5 Å². The molecular weight excluding hydrogens is 468 g/mol. The molecule has 1 unspecified atom stereocenters. The molecule has 0 amide bonds. The molecule has 0 radical (unpaired) electrons. The summed E-state index contributed by atoms with van der Waals surface area (Å²) in [5.74, 6) is -2.84. The Morgan fingerprint density at radius 3 is 1.74 bits per heavy atom. The van der Waals surface area contributed by atoms with Gasteiger partial charge < -0.3 is 23.7 Å². The van der Waals surface area contributed by atoms with Gasteiger partial charge in [-0.2, -0.15) is 0 Å². The van der Waals surface area contributed by atoms with Crippen LogP contribution in [0.25, 0.3) is 0 Å². The molecule has 180 valence electrons. The Morgan fingerprint density at radius 1 is 0.765 bits per heavy atom. The number of rotatable bonds is 7. The standard InChI is InChI=1S/C24H23ClO9/c1-14(26)30-13-18-19(25)20(33-22(28)16-9-5-3-6-10-16)21(24(32-18)31-15(2)27)34-23(29)17-11-7-4-8-12-17/h3-12,18-21,24H,13H2,1-2H3/t18-,19-,20+,21-,24?/m1/s1. The highest BCUT2D eigenvalue weighted by atomic mass is 35.5. The number of ether oxygens (including phenoxy) is 5. The molecular formula is C24H23ClO9. The van der Waals surface area contributed by atoms with Crippen molar-refractivity contribution in [1.82, 2.24) is 0 Å². The first-order chi connectivity index (χ1) is 16.3. The number of carbonyl (C=O) groups excluding carboxylic acids is 4. The summed E-state index contributed by atoms with van der Waals surface area (Å²) in [4.78, 5) is 48.6. The molecule has 0 spiro atoms. The Balaban J connectivity index is 1.92. The average Bonchev–Trinajstić information content (AvgIpc) is 2.82. The monoisotopic (exact) mass is 490 g/mol. The topological polar surface area (TPSA) is 114 Å². The number of carbonyl (C=O) groups is 4. The molecule has 0 saturated carbocycles. The highest BCUT2D eigenvalue weighted by molar-refractivity contribution is 6.21. The number of esters is 4. The Kier molecular flexibility index (Phi) is 8.61. The van der Waals surface area contributed by atoms with E-state index in [1.807, 2.05) is 0 Å². The zero-order valence-electron chi connectivity index (χ0n) is 18.4. The maximum Gasteiger partial charge on any atom is 0.338 e. The molecule has 0 aromatic heterocycles. The van der Waals surface area contributed by atoms with Gasteiger partial charge in [0.1, 0.15) is 18.1 Å². The summed E-state index contributed by atoms with van der Waals surface area (Å²) < 4.78 is 27.1. The molecule has 9 nitrogen and oxygen atoms in total. The van der Waals surface area contributed by atoms with Crippen LogP contribution in [0.2, 0.25) is 0 Å². The fraction of sp³-hybridized carbons (Fsp3) is 0.333. The molecule has 5 atom stereocenters. The van der Waals surface area contributed by atoms with Crippen LogP contribution in [0.15, 0.2) is 60.7 Å². The van der Waals surface area contributed by atoms with Gasteiger partial charge in [0.05, 0.1) is 11.1 Å². The summed E-state index contributed by atoms with van der Waals surface area (Å²) in [6.45, 7) is 2.03. The van der Waals surface area contributed by atoms with Gasteiger partial charge in [0.2, 0.25) is 12.4 Å². The van der Waals surface area contributed by atoms with Crippen LogP contribution in [-0.2, 0) is 33.3 Å². The third-order valence-corrected chi connectivity index (χ3v) is 5.34. The zero-order valence-corrected chi connectivity index (χ0v) is 19.2. The number of hydrogen-bond donors (Lipinski definition) is 0. The van der Waals surface area contributed by atoms with Crippen molar-refractivity contribution < 1.29 is 42.9 Å². The molecule has 1 heterocycles. The lowest BCUT2D eigenvalue weighted by Gasteiger charge is -2.42. The zero-order chi connectivity index (χ0) is 24.7. The second kappa shape index (κ2) is 11.6. The maximum atomic E-state index is 12.8. The third-order valence-electron chi connectivity index (χ3n) is 4.81. The third kappa shape index (κ3) is 6.55. The lowest BCUT2D eigenvalue weighted by Crippen LogP contribution is -2.60. The lowest BCUT2D eigenvalue weighted by atomic mass is 10.0. The van der Waals surface area contributed by atoms with Crippen molar-refractivity contribution in [3.8, 4) is 0 Å². The predicted molar refractivity (Wildman–Crippen MR) is 118 cm³/mol. The van der Waals surface area contributed by atoms with Crippen LogP contribution in [0.5, 0.6) is 0 Å². The summed E-state index contributed by atoms with van der Waals surface area (Å²) in [6.07, 6.45) is -5.22. The average molecular weight is 491 g/mol. The minimum Gasteiger partial charge on any atom is -0.463 e. The summed E-state index contributed by atoms with van der Waals surface area (Å²) >= 11 is 6.56. The van der Waals surface area contributed by atoms with E-state index in [1.54, 1.807) is 36.4 Å². The van der Waals surface area contributed by atoms with E-state index in [9.17, 15) is 19.2 Å². The normalized spacial score (nSPS) is 23.9. The van der Waals surface area contributed by atoms with Crippen molar-refractivity contribution in [2.45, 2.75) is 43.8 Å². The minimum atomic E-state index is -1.48. The minimum absolute atomic E-state index is 0.213. The molecule has 3 rings (SSSR count). The van der Waals surface area contributed by atoms with E-state index in [2.05, 4.69) is 0 Å². The van der Waals surface area contributed by atoms with Crippen molar-refractivity contribution in [1.29, 1.82) is 0 Å². The van der Waals surface area contributed by atoms with Gasteiger partial charge in [0.15, 0.2) is 6.10 Å². The lowest BCUT2D eigenvalue weighted by molar-refractivity contribution is -0.260. The van der Waals surface area contributed by atoms with E-state index >= 15 is 0 Å². The van der Waals surface area contributed by atoms with Gasteiger partial charge in [-0.1, -0.05) is 36.4 Å². The molecule has 10 heteroatoms. The SMILES string of the molecule is CC(=O)OC[C@H]1OC(OC(C)=O)[C@H](OC(=O)c2ccccc2)[C@@H](OC(=O)c2ccccc2)[C@@H]1Cl. The largest absolute Gasteiger partial charge is 0.463 e. The number of benzene rings is 2. The smallest absolute Gasteiger partial charge is 0.338 e. The Hall–Kier alpha value is -3.43. The molecule has 0 aliphatic carbocycles. The molecule has 1 aliphatic rings. The fourth-order valence-electron chi connectivity index (χ4n) is 3.25. The molecule has 2 aromatic rings. The number of alkyl halides is 1. The van der Waals surface area contributed by atoms with Gasteiger partial charge in [-0.15, -0.1) is 11.6 Å². The van der Waals surface area contributed by atoms with Crippen molar-refractivity contribution in [2.24, 2.45) is 0 Å². The van der Waals surface area contributed by atoms with Crippen molar-refractivity contribution in [3.63, 3.8) is 0 Å². The van der Waals surface area contributed by atoms with Crippen molar-refractivity contribution in [3.05, 3.63) is 71.8 Å². The second-order valence-electron chi connectivity index (χ2n) is 7.37. The van der Waals surface area contributed by atoms with E-state index in [4.69, 9.17) is 35.3 Å². The molecule has 0 bridgehead atoms. The van der Waals surface area contributed by atoms with Crippen molar-refractivity contribution in [2.75, 3.05) is 6.61 Å². The summed E-state index contributed by atoms with van der Waals surface area (Å²) in [6, 6.07) is 16.2. The fourth-order valence-corrected chi connectivity index (χ4v) is 3.57. The van der Waals surface area contributed by atoms with Crippen molar-refractivity contribution >= 4 is 35.5 Å². The van der Waals surface area contributed by atoms with E-state index in [0.29, 0.717) is 0 Å². The maximum absolute atomic E-state index is 12.8. The summed E-state index contributed by atoms with van der Waals surface area (Å²) in [5, 5.41) is -1.12. The van der Waals surface area contributed by atoms with Gasteiger partial charge in [-0.3, -0.25) is 9.59 Å². The van der Waals surface area contributed by atoms with E-state index < -0.39 is 53.9 Å². The highest BCUT2D eigenvalue weighted by Crippen LogP contribution is 2.32. The van der Waals surface area contributed by atoms with Gasteiger partial charge in [-0.25, -0.2) is 9.59 Å². The van der Waals surface area contributed by atoms with Gasteiger partial charge >= 0.3 is 23.9 Å². The summed E-state index contributed by atoms with van der Waals surface area (Å²) in [5.41, 5.74) is 0.442. The first-order valence-corrected chi connectivity index (χ1v) is 10.8. The van der Waals surface area contributed by atoms with Crippen LogP contribution < -0.4 is 0 Å². The van der Waals surface area contributed by atoms with Gasteiger partial charge in [0, 0.05) is 13.8 Å². The molecule has 1 fully saturated rings. The first kappa shape index (κ1) is 25.2. The Morgan fingerprint density at radius 2 is 1.26 bits per heavy atom. The van der Waals surface area contributed by atoms with E-state index in [1.165, 1.54) is 31.2 Å². The van der Waals surface area contributed by atoms with Crippen LogP contribution >= 0.6 is 11.6 Å². The van der Waals surface area contributed by atoms with Gasteiger partial charge in [0.25, 0.3) is 0 Å². The Labute approximate surface area is 200 Å². The molecule has 34 heavy (non-hydrogen) atoms. The molecule has 1 aliphatic heterocycles. The molecule has 0 N–H and O–H groups in total. The van der Waals surface area contributed by atoms with E-state index in [-0.39, 0.29) is 17.7 Å². The summed E-state index contributed by atoms with van der Waals surface area (Å²) in [7, 11) is 0. The predicted octanol–water partition coefficient (Wildman–Crippen LogP) is 2.90. The van der Waals surface area contributed by atoms with Crippen LogP contribution in [0, 0.1) is 0 Å². The number of halogens is 1. The molecule has 2 aromatic carbocycles. The van der Waals surface area contributed by atoms with E-state index in [0.717, 1.165) is 6.92 Å². The first-order valence-electron chi connectivity index (χ1n) is 10.4.